The standard InChI is InChI=1S/C15H27N3O2S/c1-12(2)5-7-20-8-6-16-15(19)10-18(4)9-14-11-21-13(3)17-14/h11-12H,5-10H2,1-4H3,(H,16,19). The molecule has 0 unspecified atom stereocenters. The molecule has 6 heteroatoms. The summed E-state index contributed by atoms with van der Waals surface area (Å²) in [5.74, 6) is 0.680. The number of rotatable bonds is 10. The van der Waals surface area contributed by atoms with Crippen LogP contribution in [-0.2, 0) is 16.1 Å². The van der Waals surface area contributed by atoms with Gasteiger partial charge in [0.15, 0.2) is 0 Å². The molecule has 0 fully saturated rings. The maximum Gasteiger partial charge on any atom is 0.234 e. The largest absolute Gasteiger partial charge is 0.380 e. The number of ether oxygens (including phenoxy) is 1. The Labute approximate surface area is 131 Å². The molecule has 1 heterocycles. The van der Waals surface area contributed by atoms with E-state index in [-0.39, 0.29) is 5.91 Å². The Morgan fingerprint density at radius 1 is 1.48 bits per heavy atom. The first-order chi connectivity index (χ1) is 9.97. The third kappa shape index (κ3) is 8.80. The highest BCUT2D eigenvalue weighted by Gasteiger charge is 2.08. The minimum Gasteiger partial charge on any atom is -0.380 e. The molecule has 1 amide bonds. The van der Waals surface area contributed by atoms with Gasteiger partial charge in [0.1, 0.15) is 0 Å². The van der Waals surface area contributed by atoms with E-state index in [1.807, 2.05) is 24.3 Å². The number of thiazole rings is 1. The molecule has 1 rings (SSSR count). The molecule has 0 saturated carbocycles. The minimum absolute atomic E-state index is 0.0249. The molecule has 0 spiro atoms. The summed E-state index contributed by atoms with van der Waals surface area (Å²) < 4.78 is 5.46. The molecule has 0 aliphatic rings. The SMILES string of the molecule is Cc1nc(CN(C)CC(=O)NCCOCCC(C)C)cs1. The van der Waals surface area contributed by atoms with Crippen molar-refractivity contribution < 1.29 is 9.53 Å². The molecular weight excluding hydrogens is 286 g/mol. The summed E-state index contributed by atoms with van der Waals surface area (Å²) in [4.78, 5) is 18.1. The molecule has 1 aromatic heterocycles. The van der Waals surface area contributed by atoms with Gasteiger partial charge in [-0.05, 0) is 26.3 Å². The highest BCUT2D eigenvalue weighted by atomic mass is 32.1. The number of likely N-dealkylation sites (N-methyl/N-ethyl adjacent to an activating group) is 1. The average molecular weight is 313 g/mol. The molecule has 1 aromatic rings. The summed E-state index contributed by atoms with van der Waals surface area (Å²) in [5.41, 5.74) is 1.02. The molecule has 21 heavy (non-hydrogen) atoms. The first-order valence-electron chi connectivity index (χ1n) is 7.41. The Morgan fingerprint density at radius 2 is 2.24 bits per heavy atom. The predicted octanol–water partition coefficient (Wildman–Crippen LogP) is 2.06. The normalized spacial score (nSPS) is 11.3. The van der Waals surface area contributed by atoms with E-state index in [1.54, 1.807) is 11.3 Å². The summed E-state index contributed by atoms with van der Waals surface area (Å²) >= 11 is 1.63. The van der Waals surface area contributed by atoms with E-state index in [1.165, 1.54) is 0 Å². The summed E-state index contributed by atoms with van der Waals surface area (Å²) in [6.45, 7) is 9.31. The number of hydrogen-bond donors (Lipinski definition) is 1. The van der Waals surface area contributed by atoms with Crippen LogP contribution in [0.25, 0.3) is 0 Å². The van der Waals surface area contributed by atoms with Gasteiger partial charge in [-0.1, -0.05) is 13.8 Å². The number of amides is 1. The number of nitrogens with one attached hydrogen (secondary N) is 1. The van der Waals surface area contributed by atoms with Crippen LogP contribution >= 0.6 is 11.3 Å². The van der Waals surface area contributed by atoms with Crippen molar-refractivity contribution in [2.45, 2.75) is 33.7 Å². The molecule has 0 bridgehead atoms. The second-order valence-corrected chi connectivity index (χ2v) is 6.74. The Balaban J connectivity index is 2.07. The van der Waals surface area contributed by atoms with Gasteiger partial charge in [-0.3, -0.25) is 9.69 Å². The Bertz CT molecular complexity index is 421. The molecular formula is C15H27N3O2S. The minimum atomic E-state index is 0.0249. The topological polar surface area (TPSA) is 54.5 Å². The third-order valence-electron chi connectivity index (χ3n) is 2.92. The van der Waals surface area contributed by atoms with Gasteiger partial charge >= 0.3 is 0 Å². The van der Waals surface area contributed by atoms with Gasteiger partial charge in [0.25, 0.3) is 0 Å². The van der Waals surface area contributed by atoms with Crippen LogP contribution in [0, 0.1) is 12.8 Å². The molecule has 0 atom stereocenters. The van der Waals surface area contributed by atoms with Crippen LogP contribution in [0.5, 0.6) is 0 Å². The van der Waals surface area contributed by atoms with E-state index in [2.05, 4.69) is 24.1 Å². The summed E-state index contributed by atoms with van der Waals surface area (Å²) in [6, 6.07) is 0. The van der Waals surface area contributed by atoms with Crippen LogP contribution in [0.2, 0.25) is 0 Å². The van der Waals surface area contributed by atoms with Gasteiger partial charge in [0, 0.05) is 25.1 Å². The van der Waals surface area contributed by atoms with Crippen LogP contribution in [0.3, 0.4) is 0 Å². The molecule has 120 valence electrons. The van der Waals surface area contributed by atoms with E-state index in [0.717, 1.165) is 23.7 Å². The summed E-state index contributed by atoms with van der Waals surface area (Å²) in [7, 11) is 1.92. The highest BCUT2D eigenvalue weighted by Crippen LogP contribution is 2.09. The fraction of sp³-hybridized carbons (Fsp3) is 0.733. The second-order valence-electron chi connectivity index (χ2n) is 5.67. The highest BCUT2D eigenvalue weighted by molar-refractivity contribution is 7.09. The Hall–Kier alpha value is -0.980. The first kappa shape index (κ1) is 18.1. The van der Waals surface area contributed by atoms with E-state index in [9.17, 15) is 4.79 Å². The lowest BCUT2D eigenvalue weighted by molar-refractivity contribution is -0.122. The monoisotopic (exact) mass is 313 g/mol. The van der Waals surface area contributed by atoms with Gasteiger partial charge in [0.05, 0.1) is 23.9 Å². The van der Waals surface area contributed by atoms with Gasteiger partial charge in [0.2, 0.25) is 5.91 Å². The van der Waals surface area contributed by atoms with Crippen LogP contribution in [0.1, 0.15) is 31.0 Å². The number of carbonyl (C=O) groups is 1. The third-order valence-corrected chi connectivity index (χ3v) is 3.74. The smallest absolute Gasteiger partial charge is 0.234 e. The quantitative estimate of drug-likeness (QED) is 0.672. The van der Waals surface area contributed by atoms with E-state index in [0.29, 0.717) is 32.2 Å². The first-order valence-corrected chi connectivity index (χ1v) is 8.29. The Morgan fingerprint density at radius 3 is 2.86 bits per heavy atom. The molecule has 0 radical (unpaired) electrons. The van der Waals surface area contributed by atoms with Gasteiger partial charge in [-0.2, -0.15) is 0 Å². The zero-order valence-electron chi connectivity index (χ0n) is 13.5. The van der Waals surface area contributed by atoms with Gasteiger partial charge in [-0.25, -0.2) is 4.98 Å². The van der Waals surface area contributed by atoms with E-state index < -0.39 is 0 Å². The number of aromatic nitrogens is 1. The maximum absolute atomic E-state index is 11.8. The van der Waals surface area contributed by atoms with Crippen molar-refractivity contribution >= 4 is 17.2 Å². The second kappa shape index (κ2) is 9.87. The summed E-state index contributed by atoms with van der Waals surface area (Å²) in [5, 5.41) is 5.96. The fourth-order valence-corrected chi connectivity index (χ4v) is 2.40. The molecule has 0 saturated heterocycles. The lowest BCUT2D eigenvalue weighted by Crippen LogP contribution is -2.36. The van der Waals surface area contributed by atoms with Crippen molar-refractivity contribution in [3.8, 4) is 0 Å². The summed E-state index contributed by atoms with van der Waals surface area (Å²) in [6.07, 6.45) is 1.06. The van der Waals surface area contributed by atoms with Crippen LogP contribution in [0.4, 0.5) is 0 Å². The van der Waals surface area contributed by atoms with Crippen molar-refractivity contribution in [1.29, 1.82) is 0 Å². The van der Waals surface area contributed by atoms with Gasteiger partial charge in [-0.15, -0.1) is 11.3 Å². The predicted molar refractivity (Wildman–Crippen MR) is 86.5 cm³/mol. The Kier molecular flexibility index (Phi) is 8.49. The van der Waals surface area contributed by atoms with Crippen molar-refractivity contribution in [3.05, 3.63) is 16.1 Å². The van der Waals surface area contributed by atoms with Crippen molar-refractivity contribution in [2.75, 3.05) is 33.4 Å². The average Bonchev–Trinajstić information content (AvgIpc) is 2.78. The lowest BCUT2D eigenvalue weighted by atomic mass is 10.1. The lowest BCUT2D eigenvalue weighted by Gasteiger charge is -2.15. The van der Waals surface area contributed by atoms with E-state index >= 15 is 0 Å². The van der Waals surface area contributed by atoms with E-state index in [4.69, 9.17) is 4.74 Å². The number of nitrogens with zero attached hydrogens (tertiary/aromatic N) is 2. The molecule has 0 aliphatic carbocycles. The number of hydrogen-bond acceptors (Lipinski definition) is 5. The number of carbonyl (C=O) groups excluding carboxylic acids is 1. The number of aryl methyl sites for hydroxylation is 1. The van der Waals surface area contributed by atoms with Crippen molar-refractivity contribution in [2.24, 2.45) is 5.92 Å². The van der Waals surface area contributed by atoms with Crippen molar-refractivity contribution in [3.63, 3.8) is 0 Å². The van der Waals surface area contributed by atoms with Gasteiger partial charge < -0.3 is 10.1 Å². The fourth-order valence-electron chi connectivity index (χ4n) is 1.80. The molecule has 0 aliphatic heterocycles. The maximum atomic E-state index is 11.8. The zero-order valence-corrected chi connectivity index (χ0v) is 14.3. The van der Waals surface area contributed by atoms with Crippen molar-refractivity contribution in [1.82, 2.24) is 15.2 Å². The molecule has 0 aromatic carbocycles. The molecule has 1 N–H and O–H groups in total. The zero-order chi connectivity index (χ0) is 15.7. The van der Waals surface area contributed by atoms with Crippen LogP contribution < -0.4 is 5.32 Å². The van der Waals surface area contributed by atoms with Crippen LogP contribution in [-0.4, -0.2) is 49.1 Å². The molecule has 5 nitrogen and oxygen atoms in total. The van der Waals surface area contributed by atoms with Crippen LogP contribution in [0.15, 0.2) is 5.38 Å².